The topological polar surface area (TPSA) is 172 Å². The van der Waals surface area contributed by atoms with E-state index in [1.165, 1.54) is 0 Å². The zero-order valence-electron chi connectivity index (χ0n) is 13.9. The molecule has 0 saturated heterocycles. The fraction of sp³-hybridized carbons (Fsp3) is 0.188. The smallest absolute Gasteiger partial charge is 0.325 e. The molecule has 0 aliphatic heterocycles. The summed E-state index contributed by atoms with van der Waals surface area (Å²) in [6.07, 6.45) is 0. The molecule has 28 heavy (non-hydrogen) atoms. The number of nitrogens with two attached hydrogens (primary N) is 3. The van der Waals surface area contributed by atoms with Gasteiger partial charge in [0.2, 0.25) is 0 Å². The zero-order chi connectivity index (χ0) is 19.1. The highest BCUT2D eigenvalue weighted by Gasteiger charge is 2.17. The minimum absolute atomic E-state index is 0. The first-order valence-electron chi connectivity index (χ1n) is 7.27. The monoisotopic (exact) mass is 429 g/mol. The largest absolute Gasteiger partial charge is 0.460 e. The summed E-state index contributed by atoms with van der Waals surface area (Å²) in [7, 11) is 0. The summed E-state index contributed by atoms with van der Waals surface area (Å²) in [5.74, 6) is -2.10. The second kappa shape index (κ2) is 11.6. The molecule has 1 aromatic heterocycles. The number of aromatic nitrogens is 2. The minimum Gasteiger partial charge on any atom is -0.460 e. The number of esters is 1. The third-order valence-corrected chi connectivity index (χ3v) is 3.22. The number of carbonyl (C=O) groups excluding carboxylic acids is 2. The molecule has 2 aromatic rings. The molecule has 0 unspecified atom stereocenters. The van der Waals surface area contributed by atoms with Crippen LogP contribution in [0.3, 0.4) is 0 Å². The van der Waals surface area contributed by atoms with Crippen LogP contribution in [-0.2, 0) is 16.1 Å². The van der Waals surface area contributed by atoms with E-state index in [1.807, 2.05) is 30.3 Å². The number of nitrogens with one attached hydrogen (secondary N) is 1. The number of carbonyl (C=O) groups is 2. The van der Waals surface area contributed by atoms with Gasteiger partial charge in [-0.25, -0.2) is 9.97 Å². The average molecular weight is 430 g/mol. The van der Waals surface area contributed by atoms with Crippen LogP contribution < -0.4 is 22.5 Å². The van der Waals surface area contributed by atoms with Gasteiger partial charge in [-0.15, -0.1) is 12.4 Å². The summed E-state index contributed by atoms with van der Waals surface area (Å²) in [6, 6.07) is 9.20. The molecular formula is C16H21Cl2N7O3. The minimum atomic E-state index is -0.884. The van der Waals surface area contributed by atoms with E-state index in [1.54, 1.807) is 0 Å². The standard InChI is InChI=1S/C15H16ClN7O3.CH4.ClH/c16-11-13(22-12(17)10(21-11)14(25)23-15(18)19)20-6-9(24)26-7-8-4-2-1-3-5-8;;/h1-5H,6-7H2,(H3,17,20,22)(H4,18,19,23,25);1H4;1H. The van der Waals surface area contributed by atoms with Crippen molar-refractivity contribution in [1.29, 1.82) is 0 Å². The van der Waals surface area contributed by atoms with Crippen LogP contribution in [0.2, 0.25) is 5.15 Å². The third kappa shape index (κ3) is 7.25. The van der Waals surface area contributed by atoms with Crippen LogP contribution >= 0.6 is 24.0 Å². The lowest BCUT2D eigenvalue weighted by molar-refractivity contribution is -0.142. The van der Waals surface area contributed by atoms with Crippen molar-refractivity contribution in [1.82, 2.24) is 9.97 Å². The van der Waals surface area contributed by atoms with E-state index >= 15 is 0 Å². The molecule has 0 atom stereocenters. The summed E-state index contributed by atoms with van der Waals surface area (Å²) < 4.78 is 5.10. The highest BCUT2D eigenvalue weighted by atomic mass is 35.5. The van der Waals surface area contributed by atoms with Crippen LogP contribution in [-0.4, -0.2) is 34.3 Å². The van der Waals surface area contributed by atoms with Crippen LogP contribution in [0.25, 0.3) is 0 Å². The molecule has 0 aliphatic carbocycles. The number of halogens is 2. The molecule has 0 fully saturated rings. The van der Waals surface area contributed by atoms with Crippen molar-refractivity contribution in [2.75, 3.05) is 17.6 Å². The van der Waals surface area contributed by atoms with E-state index in [0.29, 0.717) is 0 Å². The third-order valence-electron chi connectivity index (χ3n) is 2.96. The SMILES string of the molecule is C.Cl.NC(N)=NC(=O)c1nc(Cl)c(NCC(=O)OCc2ccccc2)nc1N. The number of hydrogen-bond acceptors (Lipinski definition) is 7. The molecule has 152 valence electrons. The maximum Gasteiger partial charge on any atom is 0.325 e. The number of guanidine groups is 1. The fourth-order valence-corrected chi connectivity index (χ4v) is 2.01. The van der Waals surface area contributed by atoms with Crippen molar-refractivity contribution in [2.24, 2.45) is 16.5 Å². The maximum atomic E-state index is 11.8. The molecule has 0 aliphatic rings. The Morgan fingerprint density at radius 3 is 2.43 bits per heavy atom. The van der Waals surface area contributed by atoms with Gasteiger partial charge < -0.3 is 27.3 Å². The molecule has 1 aromatic carbocycles. The molecule has 10 nitrogen and oxygen atoms in total. The highest BCUT2D eigenvalue weighted by molar-refractivity contribution is 6.32. The normalized spacial score (nSPS) is 9.32. The van der Waals surface area contributed by atoms with Crippen molar-refractivity contribution in [2.45, 2.75) is 14.0 Å². The Balaban J connectivity index is 0.00000364. The molecule has 12 heteroatoms. The van der Waals surface area contributed by atoms with Crippen molar-refractivity contribution in [3.63, 3.8) is 0 Å². The van der Waals surface area contributed by atoms with Crippen LogP contribution in [0, 0.1) is 0 Å². The Morgan fingerprint density at radius 1 is 1.18 bits per heavy atom. The van der Waals surface area contributed by atoms with Crippen LogP contribution in [0.1, 0.15) is 23.5 Å². The first-order valence-corrected chi connectivity index (χ1v) is 7.65. The van der Waals surface area contributed by atoms with Crippen molar-refractivity contribution >= 4 is 53.5 Å². The number of aliphatic imine (C=N–C) groups is 1. The quantitative estimate of drug-likeness (QED) is 0.300. The second-order valence-corrected chi connectivity index (χ2v) is 5.30. The average Bonchev–Trinajstić information content (AvgIpc) is 2.60. The van der Waals surface area contributed by atoms with E-state index in [9.17, 15) is 9.59 Å². The molecule has 2 rings (SSSR count). The summed E-state index contributed by atoms with van der Waals surface area (Å²) in [5.41, 5.74) is 16.4. The number of rotatable bonds is 6. The van der Waals surface area contributed by atoms with Gasteiger partial charge >= 0.3 is 11.9 Å². The van der Waals surface area contributed by atoms with E-state index in [-0.39, 0.29) is 55.5 Å². The Kier molecular flexibility index (Phi) is 10.3. The molecule has 0 bridgehead atoms. The second-order valence-electron chi connectivity index (χ2n) is 4.94. The van der Waals surface area contributed by atoms with Gasteiger partial charge in [-0.1, -0.05) is 49.4 Å². The lowest BCUT2D eigenvalue weighted by atomic mass is 10.2. The number of anilines is 2. The molecule has 0 saturated carbocycles. The van der Waals surface area contributed by atoms with Gasteiger partial charge in [-0.3, -0.25) is 9.59 Å². The number of amides is 1. The van der Waals surface area contributed by atoms with Gasteiger partial charge in [0, 0.05) is 0 Å². The summed E-state index contributed by atoms with van der Waals surface area (Å²) in [4.78, 5) is 34.5. The zero-order valence-corrected chi connectivity index (χ0v) is 15.5. The van der Waals surface area contributed by atoms with Gasteiger partial charge in [0.25, 0.3) is 0 Å². The Morgan fingerprint density at radius 2 is 1.82 bits per heavy atom. The Bertz CT molecular complexity index is 844. The van der Waals surface area contributed by atoms with Crippen molar-refractivity contribution in [3.8, 4) is 0 Å². The van der Waals surface area contributed by atoms with E-state index < -0.39 is 17.8 Å². The van der Waals surface area contributed by atoms with Crippen molar-refractivity contribution < 1.29 is 14.3 Å². The van der Waals surface area contributed by atoms with Crippen molar-refractivity contribution in [3.05, 3.63) is 46.7 Å². The maximum absolute atomic E-state index is 11.8. The van der Waals surface area contributed by atoms with Gasteiger partial charge in [-0.2, -0.15) is 4.99 Å². The number of nitrogen functional groups attached to an aromatic ring is 1. The Hall–Kier alpha value is -3.11. The van der Waals surface area contributed by atoms with Crippen LogP contribution in [0.5, 0.6) is 0 Å². The number of ether oxygens (including phenoxy) is 1. The highest BCUT2D eigenvalue weighted by Crippen LogP contribution is 2.20. The molecular weight excluding hydrogens is 409 g/mol. The lowest BCUT2D eigenvalue weighted by Crippen LogP contribution is -2.25. The molecule has 7 N–H and O–H groups in total. The predicted molar refractivity (Wildman–Crippen MR) is 110 cm³/mol. The molecule has 0 radical (unpaired) electrons. The number of benzene rings is 1. The summed E-state index contributed by atoms with van der Waals surface area (Å²) in [5, 5.41) is 2.46. The number of nitrogens with zero attached hydrogens (tertiary/aromatic N) is 3. The van der Waals surface area contributed by atoms with Gasteiger partial charge in [0.15, 0.2) is 28.4 Å². The van der Waals surface area contributed by atoms with Crippen LogP contribution in [0.4, 0.5) is 11.6 Å². The fourth-order valence-electron chi connectivity index (χ4n) is 1.81. The molecule has 1 amide bonds. The van der Waals surface area contributed by atoms with E-state index in [2.05, 4.69) is 20.3 Å². The van der Waals surface area contributed by atoms with Gasteiger partial charge in [-0.05, 0) is 5.56 Å². The van der Waals surface area contributed by atoms with Crippen LogP contribution in [0.15, 0.2) is 35.3 Å². The Labute approximate surface area is 172 Å². The predicted octanol–water partition coefficient (Wildman–Crippen LogP) is 1.34. The first-order chi connectivity index (χ1) is 12.4. The van der Waals surface area contributed by atoms with Gasteiger partial charge in [0.1, 0.15) is 13.2 Å². The van der Waals surface area contributed by atoms with Gasteiger partial charge in [0.05, 0.1) is 0 Å². The molecule has 0 spiro atoms. The molecule has 1 heterocycles. The first kappa shape index (κ1) is 24.9. The summed E-state index contributed by atoms with van der Waals surface area (Å²) >= 11 is 5.93. The summed E-state index contributed by atoms with van der Waals surface area (Å²) in [6.45, 7) is -0.0866. The van der Waals surface area contributed by atoms with E-state index in [0.717, 1.165) is 5.56 Å². The number of hydrogen-bond donors (Lipinski definition) is 4. The van der Waals surface area contributed by atoms with E-state index in [4.69, 9.17) is 33.5 Å². The lowest BCUT2D eigenvalue weighted by Gasteiger charge is -2.09.